The smallest absolute Gasteiger partial charge is 0.271 e. The standard InChI is InChI=1S/C11H13N3O4/c12-10(16)8-6-18-5-4-14(8)11(17)7-2-1-3-9(15)13-7/h1-3,8H,4-6H2,(H2,12,16)(H,13,15). The second-order valence-electron chi connectivity index (χ2n) is 3.92. The summed E-state index contributed by atoms with van der Waals surface area (Å²) in [5, 5.41) is 0. The highest BCUT2D eigenvalue weighted by Crippen LogP contribution is 2.10. The predicted molar refractivity (Wildman–Crippen MR) is 61.9 cm³/mol. The second-order valence-corrected chi connectivity index (χ2v) is 3.92. The summed E-state index contributed by atoms with van der Waals surface area (Å²) in [6, 6.07) is 3.47. The molecule has 7 nitrogen and oxygen atoms in total. The number of amides is 2. The summed E-state index contributed by atoms with van der Waals surface area (Å²) in [5.74, 6) is -1.05. The molecule has 18 heavy (non-hydrogen) atoms. The number of aromatic amines is 1. The molecule has 2 amide bonds. The Morgan fingerprint density at radius 3 is 2.89 bits per heavy atom. The quantitative estimate of drug-likeness (QED) is 0.681. The molecule has 0 bridgehead atoms. The van der Waals surface area contributed by atoms with Gasteiger partial charge in [-0.05, 0) is 6.07 Å². The molecule has 0 spiro atoms. The number of pyridine rings is 1. The number of nitrogens with two attached hydrogens (primary N) is 1. The first kappa shape index (κ1) is 12.3. The van der Waals surface area contributed by atoms with Gasteiger partial charge in [0.05, 0.1) is 13.2 Å². The van der Waals surface area contributed by atoms with Crippen LogP contribution < -0.4 is 11.3 Å². The molecule has 1 aromatic rings. The van der Waals surface area contributed by atoms with Gasteiger partial charge >= 0.3 is 0 Å². The van der Waals surface area contributed by atoms with Crippen molar-refractivity contribution in [1.29, 1.82) is 0 Å². The molecule has 0 aliphatic carbocycles. The maximum absolute atomic E-state index is 12.2. The van der Waals surface area contributed by atoms with Crippen molar-refractivity contribution < 1.29 is 14.3 Å². The van der Waals surface area contributed by atoms with Crippen LogP contribution in [0.5, 0.6) is 0 Å². The van der Waals surface area contributed by atoms with Gasteiger partial charge in [0.2, 0.25) is 11.5 Å². The molecule has 1 aliphatic heterocycles. The largest absolute Gasteiger partial charge is 0.377 e. The van der Waals surface area contributed by atoms with Crippen molar-refractivity contribution in [2.45, 2.75) is 6.04 Å². The Morgan fingerprint density at radius 1 is 1.44 bits per heavy atom. The van der Waals surface area contributed by atoms with E-state index < -0.39 is 17.9 Å². The molecule has 0 aromatic carbocycles. The van der Waals surface area contributed by atoms with Crippen LogP contribution in [0.2, 0.25) is 0 Å². The number of primary amides is 1. The van der Waals surface area contributed by atoms with Crippen molar-refractivity contribution in [2.75, 3.05) is 19.8 Å². The monoisotopic (exact) mass is 251 g/mol. The van der Waals surface area contributed by atoms with E-state index >= 15 is 0 Å². The summed E-state index contributed by atoms with van der Waals surface area (Å²) in [7, 11) is 0. The minimum Gasteiger partial charge on any atom is -0.377 e. The van der Waals surface area contributed by atoms with Gasteiger partial charge in [0, 0.05) is 12.6 Å². The summed E-state index contributed by atoms with van der Waals surface area (Å²) < 4.78 is 5.12. The van der Waals surface area contributed by atoms with Gasteiger partial charge in [-0.2, -0.15) is 0 Å². The third-order valence-corrected chi connectivity index (χ3v) is 2.72. The number of ether oxygens (including phenoxy) is 1. The number of morpholine rings is 1. The van der Waals surface area contributed by atoms with Gasteiger partial charge in [-0.15, -0.1) is 0 Å². The van der Waals surface area contributed by atoms with Crippen LogP contribution in [0.1, 0.15) is 10.5 Å². The van der Waals surface area contributed by atoms with E-state index in [1.54, 1.807) is 0 Å². The lowest BCUT2D eigenvalue weighted by Crippen LogP contribution is -2.55. The van der Waals surface area contributed by atoms with Gasteiger partial charge in [0.1, 0.15) is 11.7 Å². The first-order chi connectivity index (χ1) is 8.59. The van der Waals surface area contributed by atoms with Crippen LogP contribution >= 0.6 is 0 Å². The lowest BCUT2D eigenvalue weighted by molar-refractivity contribution is -0.127. The lowest BCUT2D eigenvalue weighted by Gasteiger charge is -2.33. The average Bonchev–Trinajstić information content (AvgIpc) is 2.38. The zero-order valence-electron chi connectivity index (χ0n) is 9.59. The number of aromatic nitrogens is 1. The molecule has 1 atom stereocenters. The van der Waals surface area contributed by atoms with Gasteiger partial charge in [0.15, 0.2) is 0 Å². The highest BCUT2D eigenvalue weighted by atomic mass is 16.5. The Morgan fingerprint density at radius 2 is 2.22 bits per heavy atom. The molecule has 1 unspecified atom stereocenters. The van der Waals surface area contributed by atoms with Crippen LogP contribution in [0.4, 0.5) is 0 Å². The molecule has 1 fully saturated rings. The van der Waals surface area contributed by atoms with E-state index in [9.17, 15) is 14.4 Å². The number of nitrogens with zero attached hydrogens (tertiary/aromatic N) is 1. The number of hydrogen-bond acceptors (Lipinski definition) is 4. The maximum atomic E-state index is 12.2. The normalized spacial score (nSPS) is 19.6. The van der Waals surface area contributed by atoms with Gasteiger partial charge in [-0.1, -0.05) is 6.07 Å². The fraction of sp³-hybridized carbons (Fsp3) is 0.364. The van der Waals surface area contributed by atoms with Crippen LogP contribution in [-0.4, -0.2) is 47.5 Å². The Bertz CT molecular complexity index is 525. The maximum Gasteiger partial charge on any atom is 0.271 e. The minimum absolute atomic E-state index is 0.0815. The van der Waals surface area contributed by atoms with E-state index in [2.05, 4.69) is 4.98 Å². The van der Waals surface area contributed by atoms with Crippen molar-refractivity contribution in [3.63, 3.8) is 0 Å². The number of H-pyrrole nitrogens is 1. The topological polar surface area (TPSA) is 105 Å². The van der Waals surface area contributed by atoms with E-state index in [0.29, 0.717) is 6.61 Å². The van der Waals surface area contributed by atoms with Gasteiger partial charge < -0.3 is 20.4 Å². The fourth-order valence-electron chi connectivity index (χ4n) is 1.81. The number of hydrogen-bond donors (Lipinski definition) is 2. The summed E-state index contributed by atoms with van der Waals surface area (Å²) in [5.41, 5.74) is 4.98. The van der Waals surface area contributed by atoms with Crippen molar-refractivity contribution in [3.8, 4) is 0 Å². The minimum atomic E-state index is -0.796. The van der Waals surface area contributed by atoms with Crippen LogP contribution in [-0.2, 0) is 9.53 Å². The SMILES string of the molecule is NC(=O)C1COCCN1C(=O)c1cccc(=O)[nH]1. The Labute approximate surface area is 103 Å². The van der Waals surface area contributed by atoms with Crippen molar-refractivity contribution >= 4 is 11.8 Å². The van der Waals surface area contributed by atoms with Crippen LogP contribution in [0, 0.1) is 0 Å². The first-order valence-electron chi connectivity index (χ1n) is 5.47. The summed E-state index contributed by atoms with van der Waals surface area (Å²) in [6.45, 7) is 0.689. The Balaban J connectivity index is 2.26. The Kier molecular flexibility index (Phi) is 3.42. The Hall–Kier alpha value is -2.15. The molecule has 0 saturated carbocycles. The van der Waals surface area contributed by atoms with Gasteiger partial charge in [-0.3, -0.25) is 14.4 Å². The van der Waals surface area contributed by atoms with Gasteiger partial charge in [0.25, 0.3) is 5.91 Å². The zero-order valence-corrected chi connectivity index (χ0v) is 9.59. The highest BCUT2D eigenvalue weighted by Gasteiger charge is 2.32. The summed E-state index contributed by atoms with van der Waals surface area (Å²) in [4.78, 5) is 38.3. The fourth-order valence-corrected chi connectivity index (χ4v) is 1.81. The molecule has 1 aliphatic rings. The average molecular weight is 251 g/mol. The third kappa shape index (κ3) is 2.40. The van der Waals surface area contributed by atoms with E-state index in [0.717, 1.165) is 0 Å². The van der Waals surface area contributed by atoms with E-state index in [-0.39, 0.29) is 24.4 Å². The highest BCUT2D eigenvalue weighted by molar-refractivity contribution is 5.96. The molecule has 2 rings (SSSR count). The van der Waals surface area contributed by atoms with E-state index in [1.165, 1.54) is 23.1 Å². The lowest BCUT2D eigenvalue weighted by atomic mass is 10.2. The van der Waals surface area contributed by atoms with E-state index in [1.807, 2.05) is 0 Å². The number of nitrogens with one attached hydrogen (secondary N) is 1. The summed E-state index contributed by atoms with van der Waals surface area (Å²) >= 11 is 0. The molecule has 1 saturated heterocycles. The predicted octanol–water partition coefficient (Wildman–Crippen LogP) is -1.30. The molecule has 7 heteroatoms. The molecule has 2 heterocycles. The van der Waals surface area contributed by atoms with Crippen LogP contribution in [0.25, 0.3) is 0 Å². The third-order valence-electron chi connectivity index (χ3n) is 2.72. The van der Waals surface area contributed by atoms with Crippen LogP contribution in [0.15, 0.2) is 23.0 Å². The molecule has 3 N–H and O–H groups in total. The number of carbonyl (C=O) groups excluding carboxylic acids is 2. The zero-order chi connectivity index (χ0) is 13.1. The molecular weight excluding hydrogens is 238 g/mol. The van der Waals surface area contributed by atoms with Crippen molar-refractivity contribution in [3.05, 3.63) is 34.2 Å². The first-order valence-corrected chi connectivity index (χ1v) is 5.47. The van der Waals surface area contributed by atoms with Crippen molar-refractivity contribution in [2.24, 2.45) is 5.73 Å². The summed E-state index contributed by atoms with van der Waals surface area (Å²) in [6.07, 6.45) is 0. The number of rotatable bonds is 2. The molecular formula is C11H13N3O4. The van der Waals surface area contributed by atoms with Gasteiger partial charge in [-0.25, -0.2) is 0 Å². The number of carbonyl (C=O) groups is 2. The van der Waals surface area contributed by atoms with E-state index in [4.69, 9.17) is 10.5 Å². The molecule has 96 valence electrons. The molecule has 0 radical (unpaired) electrons. The molecule has 1 aromatic heterocycles. The van der Waals surface area contributed by atoms with Crippen molar-refractivity contribution in [1.82, 2.24) is 9.88 Å². The van der Waals surface area contributed by atoms with Crippen LogP contribution in [0.3, 0.4) is 0 Å². The second kappa shape index (κ2) is 5.01.